The molecular weight excluding hydrogens is 318 g/mol. The molecule has 118 valence electrons. The minimum atomic E-state index is 0.656. The number of nitrogens with zero attached hydrogens (tertiary/aromatic N) is 5. The molecule has 0 aliphatic rings. The van der Waals surface area contributed by atoms with E-state index >= 15 is 0 Å². The number of hydrogen-bond donors (Lipinski definition) is 0. The summed E-state index contributed by atoms with van der Waals surface area (Å²) in [6, 6.07) is 20.2. The molecule has 6 heteroatoms. The van der Waals surface area contributed by atoms with Crippen molar-refractivity contribution in [2.75, 3.05) is 0 Å². The second kappa shape index (κ2) is 6.41. The van der Waals surface area contributed by atoms with Crippen molar-refractivity contribution < 1.29 is 0 Å². The molecule has 0 amide bonds. The first-order chi connectivity index (χ1) is 11.8. The molecule has 0 unspecified atom stereocenters. The van der Waals surface area contributed by atoms with E-state index in [1.807, 2.05) is 60.1 Å². The van der Waals surface area contributed by atoms with Gasteiger partial charge in [0.25, 0.3) is 0 Å². The van der Waals surface area contributed by atoms with Crippen LogP contribution in [0.25, 0.3) is 16.9 Å². The monoisotopic (exact) mass is 333 g/mol. The molecule has 0 aliphatic heterocycles. The predicted molar refractivity (Wildman–Crippen MR) is 95.2 cm³/mol. The molecule has 0 saturated carbocycles. The lowest BCUT2D eigenvalue weighted by atomic mass is 10.2. The first-order valence-electron chi connectivity index (χ1n) is 7.63. The van der Waals surface area contributed by atoms with Crippen molar-refractivity contribution in [2.45, 2.75) is 17.8 Å². The molecule has 0 N–H and O–H groups in total. The van der Waals surface area contributed by atoms with E-state index in [0.717, 1.165) is 28.3 Å². The Labute approximate surface area is 143 Å². The second-order valence-electron chi connectivity index (χ2n) is 5.37. The zero-order valence-electron chi connectivity index (χ0n) is 13.1. The summed E-state index contributed by atoms with van der Waals surface area (Å²) < 4.78 is 1.83. The number of aromatic nitrogens is 5. The van der Waals surface area contributed by atoms with Crippen LogP contribution in [-0.2, 0) is 5.75 Å². The van der Waals surface area contributed by atoms with Gasteiger partial charge in [0, 0.05) is 5.75 Å². The lowest BCUT2D eigenvalue weighted by Crippen LogP contribution is -1.99. The van der Waals surface area contributed by atoms with Gasteiger partial charge >= 0.3 is 0 Å². The summed E-state index contributed by atoms with van der Waals surface area (Å²) >= 11 is 1.58. The van der Waals surface area contributed by atoms with Gasteiger partial charge in [-0.3, -0.25) is 0 Å². The van der Waals surface area contributed by atoms with E-state index in [2.05, 4.69) is 32.4 Å². The van der Waals surface area contributed by atoms with Crippen LogP contribution in [0, 0.1) is 6.92 Å². The zero-order valence-corrected chi connectivity index (χ0v) is 13.9. The van der Waals surface area contributed by atoms with Gasteiger partial charge in [-0.05, 0) is 24.6 Å². The molecule has 4 rings (SSSR count). The van der Waals surface area contributed by atoms with Crippen molar-refractivity contribution in [3.63, 3.8) is 0 Å². The van der Waals surface area contributed by atoms with E-state index in [1.165, 1.54) is 5.56 Å². The molecule has 2 aromatic carbocycles. The number of thioether (sulfide) groups is 1. The van der Waals surface area contributed by atoms with Crippen LogP contribution >= 0.6 is 11.8 Å². The highest BCUT2D eigenvalue weighted by molar-refractivity contribution is 7.98. The second-order valence-corrected chi connectivity index (χ2v) is 6.32. The molecule has 5 nitrogen and oxygen atoms in total. The number of fused-ring (bicyclic) bond motifs is 1. The first kappa shape index (κ1) is 14.8. The molecule has 2 aromatic heterocycles. The smallest absolute Gasteiger partial charge is 0.211 e. The Hall–Kier alpha value is -2.73. The maximum Gasteiger partial charge on any atom is 0.211 e. The highest BCUT2D eigenvalue weighted by atomic mass is 32.2. The van der Waals surface area contributed by atoms with Gasteiger partial charge in [0.2, 0.25) is 5.16 Å². The Kier molecular flexibility index (Phi) is 3.96. The van der Waals surface area contributed by atoms with E-state index in [-0.39, 0.29) is 0 Å². The molecule has 2 heterocycles. The summed E-state index contributed by atoms with van der Waals surface area (Å²) in [4.78, 5) is 4.68. The van der Waals surface area contributed by atoms with Crippen molar-refractivity contribution in [3.8, 4) is 5.69 Å². The number of benzene rings is 2. The van der Waals surface area contributed by atoms with Crippen LogP contribution in [0.5, 0.6) is 0 Å². The zero-order chi connectivity index (χ0) is 16.4. The largest absolute Gasteiger partial charge is 0.213 e. The fourth-order valence-corrected chi connectivity index (χ4v) is 3.20. The van der Waals surface area contributed by atoms with Crippen LogP contribution in [0.15, 0.2) is 65.8 Å². The summed E-state index contributed by atoms with van der Waals surface area (Å²) in [5, 5.41) is 13.8. The van der Waals surface area contributed by atoms with Crippen molar-refractivity contribution in [1.82, 2.24) is 25.0 Å². The molecule has 4 aromatic rings. The van der Waals surface area contributed by atoms with E-state index in [4.69, 9.17) is 0 Å². The summed E-state index contributed by atoms with van der Waals surface area (Å²) in [5.41, 5.74) is 4.51. The SMILES string of the molecule is Cc1nn(-c2ccccc2)c2nc(SCc3ccccc3)nnc12. The highest BCUT2D eigenvalue weighted by Crippen LogP contribution is 2.22. The molecular formula is C18H15N5S. The van der Waals surface area contributed by atoms with Gasteiger partial charge in [0.05, 0.1) is 11.4 Å². The minimum Gasteiger partial charge on any atom is -0.213 e. The lowest BCUT2D eigenvalue weighted by molar-refractivity contribution is 0.840. The fraction of sp³-hybridized carbons (Fsp3) is 0.111. The average molecular weight is 333 g/mol. The van der Waals surface area contributed by atoms with Crippen LogP contribution < -0.4 is 0 Å². The fourth-order valence-electron chi connectivity index (χ4n) is 2.46. The molecule has 0 atom stereocenters. The van der Waals surface area contributed by atoms with Crippen molar-refractivity contribution >= 4 is 22.9 Å². The van der Waals surface area contributed by atoms with Gasteiger partial charge in [0.1, 0.15) is 0 Å². The Bertz CT molecular complexity index is 967. The first-order valence-corrected chi connectivity index (χ1v) is 8.62. The van der Waals surface area contributed by atoms with Gasteiger partial charge in [-0.15, -0.1) is 10.2 Å². The third-order valence-electron chi connectivity index (χ3n) is 3.65. The maximum atomic E-state index is 4.68. The van der Waals surface area contributed by atoms with Gasteiger partial charge in [-0.25, -0.2) is 4.68 Å². The highest BCUT2D eigenvalue weighted by Gasteiger charge is 2.13. The van der Waals surface area contributed by atoms with Crippen molar-refractivity contribution in [3.05, 3.63) is 71.9 Å². The topological polar surface area (TPSA) is 56.5 Å². The van der Waals surface area contributed by atoms with Crippen LogP contribution in [-0.4, -0.2) is 25.0 Å². The number of para-hydroxylation sites is 1. The van der Waals surface area contributed by atoms with Crippen LogP contribution in [0.2, 0.25) is 0 Å². The molecule has 0 bridgehead atoms. The number of aryl methyl sites for hydroxylation is 1. The van der Waals surface area contributed by atoms with Crippen LogP contribution in [0.4, 0.5) is 0 Å². The standard InChI is InChI=1S/C18H15N5S/c1-13-16-17(23(22-13)15-10-6-3-7-11-15)19-18(21-20-16)24-12-14-8-4-2-5-9-14/h2-11H,12H2,1H3. The van der Waals surface area contributed by atoms with Gasteiger partial charge < -0.3 is 0 Å². The Morgan fingerprint density at radius 1 is 0.917 bits per heavy atom. The Morgan fingerprint density at radius 2 is 1.62 bits per heavy atom. The number of hydrogen-bond acceptors (Lipinski definition) is 5. The molecule has 24 heavy (non-hydrogen) atoms. The van der Waals surface area contributed by atoms with Crippen molar-refractivity contribution in [2.24, 2.45) is 0 Å². The Morgan fingerprint density at radius 3 is 2.38 bits per heavy atom. The normalized spacial score (nSPS) is 11.0. The third-order valence-corrected chi connectivity index (χ3v) is 4.56. The molecule has 0 radical (unpaired) electrons. The lowest BCUT2D eigenvalue weighted by Gasteiger charge is -2.03. The van der Waals surface area contributed by atoms with Crippen LogP contribution in [0.1, 0.15) is 11.3 Å². The summed E-state index contributed by atoms with van der Waals surface area (Å²) in [7, 11) is 0. The van der Waals surface area contributed by atoms with Gasteiger partial charge in [-0.2, -0.15) is 10.1 Å². The third kappa shape index (κ3) is 2.88. The molecule has 0 fully saturated rings. The minimum absolute atomic E-state index is 0.656. The van der Waals surface area contributed by atoms with E-state index in [1.54, 1.807) is 11.8 Å². The predicted octanol–water partition coefficient (Wildman–Crippen LogP) is 3.81. The summed E-state index contributed by atoms with van der Waals surface area (Å²) in [5.74, 6) is 0.812. The van der Waals surface area contributed by atoms with Gasteiger partial charge in [0.15, 0.2) is 11.2 Å². The quantitative estimate of drug-likeness (QED) is 0.532. The molecule has 0 spiro atoms. The van der Waals surface area contributed by atoms with Crippen LogP contribution in [0.3, 0.4) is 0 Å². The average Bonchev–Trinajstić information content (AvgIpc) is 2.98. The van der Waals surface area contributed by atoms with Gasteiger partial charge in [-0.1, -0.05) is 60.3 Å². The van der Waals surface area contributed by atoms with E-state index < -0.39 is 0 Å². The van der Waals surface area contributed by atoms with Crippen molar-refractivity contribution in [1.29, 1.82) is 0 Å². The van der Waals surface area contributed by atoms with E-state index in [0.29, 0.717) is 5.16 Å². The Balaban J connectivity index is 1.69. The number of rotatable bonds is 4. The molecule has 0 aliphatic carbocycles. The summed E-state index contributed by atoms with van der Waals surface area (Å²) in [6.07, 6.45) is 0. The summed E-state index contributed by atoms with van der Waals surface area (Å²) in [6.45, 7) is 1.93. The molecule has 0 saturated heterocycles. The maximum absolute atomic E-state index is 4.68. The van der Waals surface area contributed by atoms with E-state index in [9.17, 15) is 0 Å².